The predicted molar refractivity (Wildman–Crippen MR) is 118 cm³/mol. The van der Waals surface area contributed by atoms with E-state index in [4.69, 9.17) is 0 Å². The van der Waals surface area contributed by atoms with Gasteiger partial charge in [0.05, 0.1) is 6.04 Å². The highest BCUT2D eigenvalue weighted by atomic mass is 19.1. The minimum Gasteiger partial charge on any atom is -0.348 e. The monoisotopic (exact) mass is 455 g/mol. The van der Waals surface area contributed by atoms with E-state index in [2.05, 4.69) is 5.32 Å². The number of hydrogen-bond donors (Lipinski definition) is 1. The number of likely N-dealkylation sites (tertiary alicyclic amines) is 2. The first-order valence-corrected chi connectivity index (χ1v) is 11.3. The van der Waals surface area contributed by atoms with Crippen LogP contribution in [0.4, 0.5) is 8.78 Å². The number of halogens is 2. The number of carbonyl (C=O) groups excluding carboxylic acids is 3. The standard InChI is InChI=1S/C25H27F2N3O3/c1-16(17-8-3-2-4-9-17)28-23(31)20-12-6-14-29(20)24(32)21-13-7-15-30(21)25(33)22-18(26)10-5-11-19(22)27/h2-5,8-11,16,20-21H,6-7,12-15H2,1H3,(H,28,31)/t16-,20+,21+/m1/s1. The molecule has 2 heterocycles. The second-order valence-corrected chi connectivity index (χ2v) is 8.58. The van der Waals surface area contributed by atoms with Crippen LogP contribution in [0.3, 0.4) is 0 Å². The van der Waals surface area contributed by atoms with Gasteiger partial charge in [-0.2, -0.15) is 0 Å². The van der Waals surface area contributed by atoms with Crippen LogP contribution in [0.5, 0.6) is 0 Å². The van der Waals surface area contributed by atoms with Gasteiger partial charge >= 0.3 is 0 Å². The van der Waals surface area contributed by atoms with Crippen LogP contribution in [0.25, 0.3) is 0 Å². The Morgan fingerprint density at radius 1 is 0.879 bits per heavy atom. The summed E-state index contributed by atoms with van der Waals surface area (Å²) in [7, 11) is 0. The van der Waals surface area contributed by atoms with Gasteiger partial charge in [-0.3, -0.25) is 14.4 Å². The second kappa shape index (κ2) is 9.68. The fraction of sp³-hybridized carbons (Fsp3) is 0.400. The van der Waals surface area contributed by atoms with Gasteiger partial charge in [-0.25, -0.2) is 8.78 Å². The summed E-state index contributed by atoms with van der Waals surface area (Å²) >= 11 is 0. The Morgan fingerprint density at radius 2 is 1.48 bits per heavy atom. The first kappa shape index (κ1) is 22.9. The Hall–Kier alpha value is -3.29. The number of nitrogens with zero attached hydrogens (tertiary/aromatic N) is 2. The first-order chi connectivity index (χ1) is 15.9. The second-order valence-electron chi connectivity index (χ2n) is 8.58. The molecule has 33 heavy (non-hydrogen) atoms. The van der Waals surface area contributed by atoms with E-state index in [1.807, 2.05) is 37.3 Å². The van der Waals surface area contributed by atoms with E-state index >= 15 is 0 Å². The van der Waals surface area contributed by atoms with E-state index in [-0.39, 0.29) is 24.4 Å². The summed E-state index contributed by atoms with van der Waals surface area (Å²) in [4.78, 5) is 42.1. The molecule has 4 rings (SSSR count). The Balaban J connectivity index is 1.48. The summed E-state index contributed by atoms with van der Waals surface area (Å²) in [6, 6.07) is 11.1. The lowest BCUT2D eigenvalue weighted by molar-refractivity contribution is -0.141. The molecular weight excluding hydrogens is 428 g/mol. The van der Waals surface area contributed by atoms with Crippen molar-refractivity contribution in [3.63, 3.8) is 0 Å². The van der Waals surface area contributed by atoms with Gasteiger partial charge in [0, 0.05) is 13.1 Å². The quantitative estimate of drug-likeness (QED) is 0.751. The third kappa shape index (κ3) is 4.60. The number of benzene rings is 2. The number of nitrogens with one attached hydrogen (secondary N) is 1. The molecule has 8 heteroatoms. The lowest BCUT2D eigenvalue weighted by Gasteiger charge is -2.31. The molecule has 0 bridgehead atoms. The van der Waals surface area contributed by atoms with Crippen molar-refractivity contribution >= 4 is 17.7 Å². The van der Waals surface area contributed by atoms with Crippen LogP contribution < -0.4 is 5.32 Å². The molecule has 0 spiro atoms. The van der Waals surface area contributed by atoms with Crippen LogP contribution in [0.2, 0.25) is 0 Å². The summed E-state index contributed by atoms with van der Waals surface area (Å²) < 4.78 is 28.4. The zero-order valence-corrected chi connectivity index (χ0v) is 18.5. The van der Waals surface area contributed by atoms with Crippen LogP contribution in [-0.4, -0.2) is 52.7 Å². The molecule has 6 nitrogen and oxygen atoms in total. The van der Waals surface area contributed by atoms with Crippen LogP contribution >= 0.6 is 0 Å². The molecule has 2 saturated heterocycles. The molecule has 3 atom stereocenters. The van der Waals surface area contributed by atoms with Gasteiger partial charge in [0.2, 0.25) is 11.8 Å². The number of amides is 3. The average molecular weight is 456 g/mol. The van der Waals surface area contributed by atoms with Crippen molar-refractivity contribution in [3.8, 4) is 0 Å². The SMILES string of the molecule is C[C@@H](NC(=O)[C@@H]1CCCN1C(=O)[C@@H]1CCCN1C(=O)c1c(F)cccc1F)c1ccccc1. The molecule has 2 aromatic rings. The van der Waals surface area contributed by atoms with Crippen LogP contribution in [0, 0.1) is 11.6 Å². The van der Waals surface area contributed by atoms with Gasteiger partial charge in [-0.15, -0.1) is 0 Å². The minimum absolute atomic E-state index is 0.218. The molecule has 2 aromatic carbocycles. The van der Waals surface area contributed by atoms with Gasteiger partial charge in [0.25, 0.3) is 5.91 Å². The highest BCUT2D eigenvalue weighted by Gasteiger charge is 2.43. The third-order valence-corrected chi connectivity index (χ3v) is 6.47. The van der Waals surface area contributed by atoms with E-state index in [1.165, 1.54) is 15.9 Å². The van der Waals surface area contributed by atoms with Gasteiger partial charge in [-0.05, 0) is 50.3 Å². The average Bonchev–Trinajstić information content (AvgIpc) is 3.49. The summed E-state index contributed by atoms with van der Waals surface area (Å²) in [5.74, 6) is -3.33. The van der Waals surface area contributed by atoms with Gasteiger partial charge in [-0.1, -0.05) is 36.4 Å². The maximum Gasteiger partial charge on any atom is 0.260 e. The van der Waals surface area contributed by atoms with E-state index in [0.29, 0.717) is 32.2 Å². The molecule has 2 fully saturated rings. The summed E-state index contributed by atoms with van der Waals surface area (Å²) in [6.45, 7) is 2.52. The molecule has 174 valence electrons. The number of hydrogen-bond acceptors (Lipinski definition) is 3. The third-order valence-electron chi connectivity index (χ3n) is 6.47. The largest absolute Gasteiger partial charge is 0.348 e. The van der Waals surface area contributed by atoms with Crippen molar-refractivity contribution in [2.75, 3.05) is 13.1 Å². The number of carbonyl (C=O) groups is 3. The lowest BCUT2D eigenvalue weighted by atomic mass is 10.1. The molecular formula is C25H27F2N3O3. The highest BCUT2D eigenvalue weighted by molar-refractivity contribution is 5.99. The fourth-order valence-electron chi connectivity index (χ4n) is 4.74. The Bertz CT molecular complexity index is 1030. The minimum atomic E-state index is -0.952. The summed E-state index contributed by atoms with van der Waals surface area (Å²) in [5, 5.41) is 2.98. The van der Waals surface area contributed by atoms with Crippen molar-refractivity contribution in [1.82, 2.24) is 15.1 Å². The molecule has 0 unspecified atom stereocenters. The van der Waals surface area contributed by atoms with Gasteiger partial charge in [0.15, 0.2) is 0 Å². The van der Waals surface area contributed by atoms with E-state index in [1.54, 1.807) is 0 Å². The Kier molecular flexibility index (Phi) is 6.72. The zero-order chi connectivity index (χ0) is 23.5. The zero-order valence-electron chi connectivity index (χ0n) is 18.5. The topological polar surface area (TPSA) is 69.7 Å². The molecule has 2 aliphatic heterocycles. The molecule has 0 saturated carbocycles. The summed E-state index contributed by atoms with van der Waals surface area (Å²) in [6.07, 6.45) is 2.15. The van der Waals surface area contributed by atoms with Crippen molar-refractivity contribution in [2.45, 2.75) is 50.7 Å². The Morgan fingerprint density at radius 3 is 2.15 bits per heavy atom. The smallest absolute Gasteiger partial charge is 0.260 e. The number of rotatable bonds is 5. The van der Waals surface area contributed by atoms with E-state index in [0.717, 1.165) is 17.7 Å². The fourth-order valence-corrected chi connectivity index (χ4v) is 4.74. The normalized spacial score (nSPS) is 21.2. The first-order valence-electron chi connectivity index (χ1n) is 11.3. The maximum atomic E-state index is 14.2. The molecule has 2 aliphatic rings. The van der Waals surface area contributed by atoms with E-state index < -0.39 is 35.2 Å². The Labute approximate surface area is 191 Å². The van der Waals surface area contributed by atoms with Gasteiger partial charge < -0.3 is 15.1 Å². The molecule has 1 N–H and O–H groups in total. The van der Waals surface area contributed by atoms with Crippen LogP contribution in [0.15, 0.2) is 48.5 Å². The summed E-state index contributed by atoms with van der Waals surface area (Å²) in [5.41, 5.74) is 0.311. The molecule has 0 radical (unpaired) electrons. The van der Waals surface area contributed by atoms with Crippen molar-refractivity contribution < 1.29 is 23.2 Å². The van der Waals surface area contributed by atoms with Crippen LogP contribution in [-0.2, 0) is 9.59 Å². The molecule has 3 amide bonds. The predicted octanol–water partition coefficient (Wildman–Crippen LogP) is 3.44. The van der Waals surface area contributed by atoms with Crippen LogP contribution in [0.1, 0.15) is 54.6 Å². The van der Waals surface area contributed by atoms with Crippen molar-refractivity contribution in [2.24, 2.45) is 0 Å². The van der Waals surface area contributed by atoms with Crippen molar-refractivity contribution in [3.05, 3.63) is 71.3 Å². The molecule has 0 aliphatic carbocycles. The van der Waals surface area contributed by atoms with Crippen molar-refractivity contribution in [1.29, 1.82) is 0 Å². The van der Waals surface area contributed by atoms with E-state index in [9.17, 15) is 23.2 Å². The van der Waals surface area contributed by atoms with Gasteiger partial charge in [0.1, 0.15) is 29.3 Å². The molecule has 0 aromatic heterocycles. The highest BCUT2D eigenvalue weighted by Crippen LogP contribution is 2.28. The maximum absolute atomic E-state index is 14.2. The lowest BCUT2D eigenvalue weighted by Crippen LogP contribution is -2.53.